The molecule has 0 bridgehead atoms. The highest BCUT2D eigenvalue weighted by atomic mass is 14.8. The van der Waals surface area contributed by atoms with Crippen LogP contribution in [0.25, 0.3) is 11.1 Å². The van der Waals surface area contributed by atoms with Crippen molar-refractivity contribution in [3.63, 3.8) is 0 Å². The number of benzene rings is 1. The molecular weight excluding hydrogens is 198 g/mol. The van der Waals surface area contributed by atoms with E-state index in [0.29, 0.717) is 11.4 Å². The standard InChI is InChI=1S/C13H11N3/c1-9-6-11(8-16-13(9)15)12-5-3-2-4-10(12)7-14/h2-6,8H,1H3,(H2,15,16). The van der Waals surface area contributed by atoms with Gasteiger partial charge in [0.1, 0.15) is 5.82 Å². The van der Waals surface area contributed by atoms with E-state index in [1.807, 2.05) is 31.2 Å². The molecule has 2 rings (SSSR count). The molecule has 78 valence electrons. The van der Waals surface area contributed by atoms with Crippen LogP contribution in [0.2, 0.25) is 0 Å². The molecule has 2 aromatic rings. The Labute approximate surface area is 94.2 Å². The lowest BCUT2D eigenvalue weighted by Gasteiger charge is -2.05. The van der Waals surface area contributed by atoms with E-state index < -0.39 is 0 Å². The largest absolute Gasteiger partial charge is 0.383 e. The van der Waals surface area contributed by atoms with Crippen LogP contribution in [-0.4, -0.2) is 4.98 Å². The lowest BCUT2D eigenvalue weighted by atomic mass is 10.0. The SMILES string of the molecule is Cc1cc(-c2ccccc2C#N)cnc1N. The van der Waals surface area contributed by atoms with Crippen LogP contribution in [0.3, 0.4) is 0 Å². The fourth-order valence-corrected chi connectivity index (χ4v) is 1.56. The summed E-state index contributed by atoms with van der Waals surface area (Å²) < 4.78 is 0. The van der Waals surface area contributed by atoms with Crippen molar-refractivity contribution in [1.82, 2.24) is 4.98 Å². The molecule has 0 fully saturated rings. The Morgan fingerprint density at radius 1 is 1.31 bits per heavy atom. The summed E-state index contributed by atoms with van der Waals surface area (Å²) in [5.41, 5.74) is 9.04. The van der Waals surface area contributed by atoms with Gasteiger partial charge in [-0.2, -0.15) is 5.26 Å². The molecule has 0 saturated heterocycles. The van der Waals surface area contributed by atoms with Gasteiger partial charge in [0.2, 0.25) is 0 Å². The molecule has 3 heteroatoms. The summed E-state index contributed by atoms with van der Waals surface area (Å²) >= 11 is 0. The Bertz CT molecular complexity index is 568. The summed E-state index contributed by atoms with van der Waals surface area (Å²) in [4.78, 5) is 4.10. The van der Waals surface area contributed by atoms with Crippen LogP contribution >= 0.6 is 0 Å². The average Bonchev–Trinajstić information content (AvgIpc) is 2.32. The van der Waals surface area contributed by atoms with Crippen molar-refractivity contribution < 1.29 is 0 Å². The van der Waals surface area contributed by atoms with Crippen LogP contribution < -0.4 is 5.73 Å². The van der Waals surface area contributed by atoms with E-state index in [4.69, 9.17) is 11.0 Å². The van der Waals surface area contributed by atoms with Gasteiger partial charge in [-0.1, -0.05) is 18.2 Å². The molecule has 0 spiro atoms. The monoisotopic (exact) mass is 209 g/mol. The van der Waals surface area contributed by atoms with Crippen LogP contribution in [0.15, 0.2) is 36.5 Å². The maximum absolute atomic E-state index is 9.01. The molecule has 0 aliphatic rings. The zero-order valence-corrected chi connectivity index (χ0v) is 8.94. The second-order valence-corrected chi connectivity index (χ2v) is 3.58. The van der Waals surface area contributed by atoms with Gasteiger partial charge in [0.15, 0.2) is 0 Å². The second kappa shape index (κ2) is 4.03. The fourth-order valence-electron chi connectivity index (χ4n) is 1.56. The molecular formula is C13H11N3. The number of anilines is 1. The number of aryl methyl sites for hydroxylation is 1. The van der Waals surface area contributed by atoms with Crippen molar-refractivity contribution in [3.8, 4) is 17.2 Å². The number of hydrogen-bond acceptors (Lipinski definition) is 3. The molecule has 1 aromatic carbocycles. The van der Waals surface area contributed by atoms with Gasteiger partial charge >= 0.3 is 0 Å². The third-order valence-corrected chi connectivity index (χ3v) is 2.48. The number of pyridine rings is 1. The molecule has 3 nitrogen and oxygen atoms in total. The summed E-state index contributed by atoms with van der Waals surface area (Å²) in [5.74, 6) is 0.526. The van der Waals surface area contributed by atoms with Crippen molar-refractivity contribution in [3.05, 3.63) is 47.7 Å². The van der Waals surface area contributed by atoms with Crippen LogP contribution in [0.5, 0.6) is 0 Å². The fraction of sp³-hybridized carbons (Fsp3) is 0.0769. The minimum absolute atomic E-state index is 0.526. The summed E-state index contributed by atoms with van der Waals surface area (Å²) in [6.07, 6.45) is 1.69. The van der Waals surface area contributed by atoms with E-state index in [1.54, 1.807) is 12.3 Å². The number of nitrogens with zero attached hydrogens (tertiary/aromatic N) is 2. The Morgan fingerprint density at radius 2 is 2.06 bits per heavy atom. The van der Waals surface area contributed by atoms with Crippen LogP contribution in [0, 0.1) is 18.3 Å². The Hall–Kier alpha value is -2.34. The second-order valence-electron chi connectivity index (χ2n) is 3.58. The molecule has 0 atom stereocenters. The zero-order valence-electron chi connectivity index (χ0n) is 8.94. The Morgan fingerprint density at radius 3 is 2.75 bits per heavy atom. The van der Waals surface area contributed by atoms with Gasteiger partial charge < -0.3 is 5.73 Å². The first-order valence-electron chi connectivity index (χ1n) is 4.94. The summed E-state index contributed by atoms with van der Waals surface area (Å²) in [6.45, 7) is 1.90. The number of nitrogens with two attached hydrogens (primary N) is 1. The first-order valence-corrected chi connectivity index (χ1v) is 4.94. The first kappa shape index (κ1) is 10.2. The smallest absolute Gasteiger partial charge is 0.126 e. The summed E-state index contributed by atoms with van der Waals surface area (Å²) in [7, 11) is 0. The van der Waals surface area contributed by atoms with Gasteiger partial charge in [-0.3, -0.25) is 0 Å². The summed E-state index contributed by atoms with van der Waals surface area (Å²) in [5, 5.41) is 9.01. The molecule has 2 N–H and O–H groups in total. The van der Waals surface area contributed by atoms with Crippen LogP contribution in [0.1, 0.15) is 11.1 Å². The Kier molecular flexibility index (Phi) is 2.57. The quantitative estimate of drug-likeness (QED) is 0.784. The molecule has 0 radical (unpaired) electrons. The van der Waals surface area contributed by atoms with E-state index in [0.717, 1.165) is 16.7 Å². The highest BCUT2D eigenvalue weighted by Gasteiger charge is 2.05. The molecule has 1 heterocycles. The van der Waals surface area contributed by atoms with Gasteiger partial charge in [0.25, 0.3) is 0 Å². The van der Waals surface area contributed by atoms with Gasteiger partial charge in [-0.15, -0.1) is 0 Å². The molecule has 0 aliphatic heterocycles. The maximum Gasteiger partial charge on any atom is 0.126 e. The van der Waals surface area contributed by atoms with Crippen molar-refractivity contribution in [1.29, 1.82) is 5.26 Å². The zero-order chi connectivity index (χ0) is 11.5. The predicted octanol–water partition coefficient (Wildman–Crippen LogP) is 2.51. The minimum atomic E-state index is 0.526. The third kappa shape index (κ3) is 1.73. The van der Waals surface area contributed by atoms with Crippen LogP contribution in [-0.2, 0) is 0 Å². The van der Waals surface area contributed by atoms with E-state index in [2.05, 4.69) is 11.1 Å². The highest BCUT2D eigenvalue weighted by Crippen LogP contribution is 2.24. The molecule has 0 unspecified atom stereocenters. The van der Waals surface area contributed by atoms with Crippen molar-refractivity contribution in [2.24, 2.45) is 0 Å². The number of nitrogen functional groups attached to an aromatic ring is 1. The van der Waals surface area contributed by atoms with E-state index in [9.17, 15) is 0 Å². The molecule has 0 saturated carbocycles. The normalized spacial score (nSPS) is 9.75. The molecule has 0 aliphatic carbocycles. The topological polar surface area (TPSA) is 62.7 Å². The number of rotatable bonds is 1. The average molecular weight is 209 g/mol. The summed E-state index contributed by atoms with van der Waals surface area (Å²) in [6, 6.07) is 11.6. The number of nitriles is 1. The third-order valence-electron chi connectivity index (χ3n) is 2.48. The van der Waals surface area contributed by atoms with E-state index >= 15 is 0 Å². The lowest BCUT2D eigenvalue weighted by molar-refractivity contribution is 1.28. The van der Waals surface area contributed by atoms with Gasteiger partial charge in [0, 0.05) is 17.3 Å². The molecule has 1 aromatic heterocycles. The minimum Gasteiger partial charge on any atom is -0.383 e. The highest BCUT2D eigenvalue weighted by molar-refractivity contribution is 5.71. The lowest BCUT2D eigenvalue weighted by Crippen LogP contribution is -1.94. The van der Waals surface area contributed by atoms with Crippen LogP contribution in [0.4, 0.5) is 5.82 Å². The van der Waals surface area contributed by atoms with Gasteiger partial charge in [-0.25, -0.2) is 4.98 Å². The number of hydrogen-bond donors (Lipinski definition) is 1. The van der Waals surface area contributed by atoms with Gasteiger partial charge in [0.05, 0.1) is 11.6 Å². The van der Waals surface area contributed by atoms with Gasteiger partial charge in [-0.05, 0) is 24.6 Å². The first-order chi connectivity index (χ1) is 7.72. The number of aromatic nitrogens is 1. The van der Waals surface area contributed by atoms with Crippen molar-refractivity contribution in [2.45, 2.75) is 6.92 Å². The predicted molar refractivity (Wildman–Crippen MR) is 63.5 cm³/mol. The molecule has 16 heavy (non-hydrogen) atoms. The Balaban J connectivity index is 2.60. The van der Waals surface area contributed by atoms with Crippen molar-refractivity contribution in [2.75, 3.05) is 5.73 Å². The maximum atomic E-state index is 9.01. The van der Waals surface area contributed by atoms with E-state index in [1.165, 1.54) is 0 Å². The molecule has 0 amide bonds. The van der Waals surface area contributed by atoms with E-state index in [-0.39, 0.29) is 0 Å². The van der Waals surface area contributed by atoms with Crippen molar-refractivity contribution >= 4 is 5.82 Å².